The number of hydrazine groups is 1. The third-order valence-electron chi connectivity index (χ3n) is 3.26. The molecule has 0 spiro atoms. The van der Waals surface area contributed by atoms with Gasteiger partial charge in [0.1, 0.15) is 6.10 Å². The molecule has 0 aliphatic carbocycles. The first-order valence-electron chi connectivity index (χ1n) is 6.82. The van der Waals surface area contributed by atoms with Gasteiger partial charge in [-0.1, -0.05) is 13.8 Å². The first kappa shape index (κ1) is 14.7. The number of hydrogen-bond acceptors (Lipinski definition) is 8. The van der Waals surface area contributed by atoms with Gasteiger partial charge in [0.05, 0.1) is 13.2 Å². The summed E-state index contributed by atoms with van der Waals surface area (Å²) in [5.41, 5.74) is 2.45. The van der Waals surface area contributed by atoms with E-state index in [0.717, 1.165) is 13.1 Å². The highest BCUT2D eigenvalue weighted by atomic mass is 16.5. The molecule has 1 unspecified atom stereocenters. The number of hydrogen-bond donors (Lipinski definition) is 2. The summed E-state index contributed by atoms with van der Waals surface area (Å²) in [7, 11) is 0. The number of morpholine rings is 1. The van der Waals surface area contributed by atoms with Crippen molar-refractivity contribution in [1.82, 2.24) is 15.0 Å². The fourth-order valence-corrected chi connectivity index (χ4v) is 1.67. The number of anilines is 2. The lowest BCUT2D eigenvalue weighted by molar-refractivity contribution is 0.121. The lowest BCUT2D eigenvalue weighted by Crippen LogP contribution is -2.37. The van der Waals surface area contributed by atoms with Gasteiger partial charge in [0.2, 0.25) is 11.9 Å². The van der Waals surface area contributed by atoms with Crippen molar-refractivity contribution < 1.29 is 9.47 Å². The Balaban J connectivity index is 2.19. The van der Waals surface area contributed by atoms with E-state index in [0.29, 0.717) is 31.0 Å². The molecule has 112 valence electrons. The smallest absolute Gasteiger partial charge is 0.323 e. The predicted molar refractivity (Wildman–Crippen MR) is 75.6 cm³/mol. The topological polar surface area (TPSA) is 98.4 Å². The summed E-state index contributed by atoms with van der Waals surface area (Å²) in [6.45, 7) is 8.96. The predicted octanol–water partition coefficient (Wildman–Crippen LogP) is 0.417. The van der Waals surface area contributed by atoms with Crippen LogP contribution in [0.1, 0.15) is 20.8 Å². The minimum Gasteiger partial charge on any atom is -0.460 e. The summed E-state index contributed by atoms with van der Waals surface area (Å²) in [6, 6.07) is 0.288. The monoisotopic (exact) mass is 282 g/mol. The Morgan fingerprint density at radius 2 is 1.90 bits per heavy atom. The van der Waals surface area contributed by atoms with Gasteiger partial charge in [-0.25, -0.2) is 5.84 Å². The third kappa shape index (κ3) is 3.67. The molecule has 8 heteroatoms. The molecule has 2 rings (SSSR count). The average molecular weight is 282 g/mol. The van der Waals surface area contributed by atoms with E-state index in [2.05, 4.69) is 34.2 Å². The van der Waals surface area contributed by atoms with Gasteiger partial charge in [-0.2, -0.15) is 15.0 Å². The minimum absolute atomic E-state index is 0.0144. The van der Waals surface area contributed by atoms with E-state index in [4.69, 9.17) is 15.3 Å². The Labute approximate surface area is 118 Å². The highest BCUT2D eigenvalue weighted by molar-refractivity contribution is 5.38. The minimum atomic E-state index is 0.0144. The Kier molecular flexibility index (Phi) is 4.91. The average Bonchev–Trinajstić information content (AvgIpc) is 2.47. The molecule has 0 bridgehead atoms. The maximum Gasteiger partial charge on any atom is 0.323 e. The molecule has 1 fully saturated rings. The van der Waals surface area contributed by atoms with E-state index in [1.807, 2.05) is 11.8 Å². The summed E-state index contributed by atoms with van der Waals surface area (Å²) >= 11 is 0. The van der Waals surface area contributed by atoms with Crippen LogP contribution in [0.15, 0.2) is 0 Å². The number of nitrogens with one attached hydrogen (secondary N) is 1. The third-order valence-corrected chi connectivity index (χ3v) is 3.26. The number of aromatic nitrogens is 3. The number of rotatable bonds is 5. The zero-order valence-corrected chi connectivity index (χ0v) is 12.2. The van der Waals surface area contributed by atoms with Crippen molar-refractivity contribution in [2.45, 2.75) is 26.9 Å². The lowest BCUT2D eigenvalue weighted by atomic mass is 10.1. The molecule has 1 aromatic heterocycles. The van der Waals surface area contributed by atoms with Crippen molar-refractivity contribution >= 4 is 11.9 Å². The van der Waals surface area contributed by atoms with Gasteiger partial charge >= 0.3 is 6.01 Å². The van der Waals surface area contributed by atoms with Crippen molar-refractivity contribution in [2.24, 2.45) is 11.8 Å². The lowest BCUT2D eigenvalue weighted by Gasteiger charge is -2.27. The van der Waals surface area contributed by atoms with Crippen molar-refractivity contribution in [1.29, 1.82) is 0 Å². The van der Waals surface area contributed by atoms with Crippen LogP contribution in [0.3, 0.4) is 0 Å². The Bertz CT molecular complexity index is 436. The van der Waals surface area contributed by atoms with Crippen molar-refractivity contribution in [3.63, 3.8) is 0 Å². The first-order chi connectivity index (χ1) is 9.60. The van der Waals surface area contributed by atoms with Crippen LogP contribution in [0.5, 0.6) is 6.01 Å². The summed E-state index contributed by atoms with van der Waals surface area (Å²) in [6.07, 6.45) is 0.0144. The molecule has 1 aliphatic rings. The molecular weight excluding hydrogens is 260 g/mol. The van der Waals surface area contributed by atoms with Gasteiger partial charge in [0, 0.05) is 13.1 Å². The second-order valence-corrected chi connectivity index (χ2v) is 5.05. The molecule has 1 saturated heterocycles. The molecule has 1 aliphatic heterocycles. The number of ether oxygens (including phenoxy) is 2. The molecule has 20 heavy (non-hydrogen) atoms. The van der Waals surface area contributed by atoms with E-state index in [1.54, 1.807) is 0 Å². The zero-order chi connectivity index (χ0) is 14.5. The standard InChI is InChI=1S/C12H22N6O2/c1-8(2)9(3)20-12-15-10(17-13)14-11(16-12)18-4-6-19-7-5-18/h8-9H,4-7,13H2,1-3H3,(H,14,15,16,17). The highest BCUT2D eigenvalue weighted by Gasteiger charge is 2.18. The fraction of sp³-hybridized carbons (Fsp3) is 0.750. The maximum absolute atomic E-state index is 5.73. The van der Waals surface area contributed by atoms with Gasteiger partial charge in [-0.3, -0.25) is 5.43 Å². The summed E-state index contributed by atoms with van der Waals surface area (Å²) in [5.74, 6) is 6.63. The summed E-state index contributed by atoms with van der Waals surface area (Å²) in [5, 5.41) is 0. The van der Waals surface area contributed by atoms with E-state index < -0.39 is 0 Å². The highest BCUT2D eigenvalue weighted by Crippen LogP contribution is 2.18. The van der Waals surface area contributed by atoms with Crippen molar-refractivity contribution in [2.75, 3.05) is 36.6 Å². The van der Waals surface area contributed by atoms with Crippen molar-refractivity contribution in [3.8, 4) is 6.01 Å². The van der Waals surface area contributed by atoms with Crippen LogP contribution in [0.2, 0.25) is 0 Å². The Hall–Kier alpha value is -1.67. The maximum atomic E-state index is 5.73. The SMILES string of the molecule is CC(C)C(C)Oc1nc(NN)nc(N2CCOCC2)n1. The molecular formula is C12H22N6O2. The summed E-state index contributed by atoms with van der Waals surface area (Å²) < 4.78 is 11.1. The van der Waals surface area contributed by atoms with Crippen LogP contribution in [-0.4, -0.2) is 47.4 Å². The fourth-order valence-electron chi connectivity index (χ4n) is 1.67. The Morgan fingerprint density at radius 3 is 2.50 bits per heavy atom. The summed E-state index contributed by atoms with van der Waals surface area (Å²) in [4.78, 5) is 14.8. The second kappa shape index (κ2) is 6.67. The van der Waals surface area contributed by atoms with Crippen LogP contribution in [0.4, 0.5) is 11.9 Å². The van der Waals surface area contributed by atoms with Crippen LogP contribution < -0.4 is 20.9 Å². The molecule has 8 nitrogen and oxygen atoms in total. The van der Waals surface area contributed by atoms with Gasteiger partial charge in [0.25, 0.3) is 0 Å². The van der Waals surface area contributed by atoms with Crippen LogP contribution in [-0.2, 0) is 4.74 Å². The van der Waals surface area contributed by atoms with E-state index in [9.17, 15) is 0 Å². The molecule has 3 N–H and O–H groups in total. The van der Waals surface area contributed by atoms with Crippen LogP contribution in [0, 0.1) is 5.92 Å². The molecule has 0 aromatic carbocycles. The van der Waals surface area contributed by atoms with E-state index in [-0.39, 0.29) is 12.1 Å². The van der Waals surface area contributed by atoms with Crippen molar-refractivity contribution in [3.05, 3.63) is 0 Å². The van der Waals surface area contributed by atoms with E-state index >= 15 is 0 Å². The quantitative estimate of drug-likeness (QED) is 0.592. The molecule has 1 atom stereocenters. The van der Waals surface area contributed by atoms with Gasteiger partial charge in [-0.05, 0) is 12.8 Å². The number of nitrogens with two attached hydrogens (primary N) is 1. The normalized spacial score (nSPS) is 17.1. The number of nitrogens with zero attached hydrogens (tertiary/aromatic N) is 4. The van der Waals surface area contributed by atoms with Gasteiger partial charge < -0.3 is 14.4 Å². The molecule has 0 radical (unpaired) electrons. The van der Waals surface area contributed by atoms with E-state index in [1.165, 1.54) is 0 Å². The van der Waals surface area contributed by atoms with Gasteiger partial charge in [-0.15, -0.1) is 0 Å². The van der Waals surface area contributed by atoms with Crippen LogP contribution >= 0.6 is 0 Å². The molecule has 0 amide bonds. The van der Waals surface area contributed by atoms with Crippen LogP contribution in [0.25, 0.3) is 0 Å². The molecule has 2 heterocycles. The largest absolute Gasteiger partial charge is 0.460 e. The second-order valence-electron chi connectivity index (χ2n) is 5.05. The number of nitrogen functional groups attached to an aromatic ring is 1. The molecule has 1 aromatic rings. The zero-order valence-electron chi connectivity index (χ0n) is 12.2. The Morgan fingerprint density at radius 1 is 1.20 bits per heavy atom. The van der Waals surface area contributed by atoms with Gasteiger partial charge in [0.15, 0.2) is 0 Å². The first-order valence-corrected chi connectivity index (χ1v) is 6.82. The molecule has 0 saturated carbocycles.